The van der Waals surface area contributed by atoms with E-state index in [0.29, 0.717) is 12.4 Å². The van der Waals surface area contributed by atoms with E-state index in [4.69, 9.17) is 0 Å². The first-order valence-corrected chi connectivity index (χ1v) is 6.97. The van der Waals surface area contributed by atoms with Crippen molar-refractivity contribution in [1.29, 1.82) is 0 Å². The Bertz CT molecular complexity index is 774. The number of aromatic nitrogens is 6. The lowest BCUT2D eigenvalue weighted by molar-refractivity contribution is 0.310. The summed E-state index contributed by atoms with van der Waals surface area (Å²) in [7, 11) is 2.03. The van der Waals surface area contributed by atoms with Gasteiger partial charge < -0.3 is 9.88 Å². The van der Waals surface area contributed by atoms with Gasteiger partial charge in [-0.05, 0) is 23.9 Å². The van der Waals surface area contributed by atoms with E-state index in [-0.39, 0.29) is 5.69 Å². The predicted octanol–water partition coefficient (Wildman–Crippen LogP) is 0.488. The number of imidazole rings is 1. The van der Waals surface area contributed by atoms with Crippen molar-refractivity contribution in [2.75, 3.05) is 13.6 Å². The molecule has 0 aliphatic rings. The van der Waals surface area contributed by atoms with Gasteiger partial charge in [-0.2, -0.15) is 5.21 Å². The summed E-state index contributed by atoms with van der Waals surface area (Å²) in [5.41, 5.74) is 2.01. The van der Waals surface area contributed by atoms with Crippen LogP contribution in [-0.4, -0.2) is 48.7 Å². The van der Waals surface area contributed by atoms with Crippen LogP contribution in [-0.2, 0) is 13.1 Å². The first-order chi connectivity index (χ1) is 10.7. The van der Waals surface area contributed by atoms with Crippen LogP contribution >= 0.6 is 0 Å². The lowest BCUT2D eigenvalue weighted by Gasteiger charge is -2.17. The molecule has 0 bridgehead atoms. The summed E-state index contributed by atoms with van der Waals surface area (Å²) >= 11 is 0. The number of nitrogens with zero attached hydrogens (tertiary/aromatic N) is 5. The fourth-order valence-electron chi connectivity index (χ4n) is 2.29. The maximum absolute atomic E-state index is 11.4. The van der Waals surface area contributed by atoms with Crippen LogP contribution < -0.4 is 5.69 Å². The number of nitrogens with one attached hydrogen (secondary N) is 2. The van der Waals surface area contributed by atoms with E-state index in [1.54, 1.807) is 17.0 Å². The normalized spacial score (nSPS) is 11.2. The number of benzene rings is 1. The third kappa shape index (κ3) is 3.29. The molecule has 114 valence electrons. The third-order valence-electron chi connectivity index (χ3n) is 3.43. The maximum Gasteiger partial charge on any atom is 0.325 e. The molecule has 2 heterocycles. The largest absolute Gasteiger partial charge is 0.325 e. The van der Waals surface area contributed by atoms with E-state index in [2.05, 4.69) is 36.6 Å². The number of H-pyrrole nitrogens is 2. The zero-order valence-electron chi connectivity index (χ0n) is 12.2. The van der Waals surface area contributed by atoms with Gasteiger partial charge in [-0.1, -0.05) is 18.2 Å². The Morgan fingerprint density at radius 1 is 1.36 bits per heavy atom. The number of aromatic amines is 2. The standard InChI is InChI=1S/C14H17N7O/c1-20(7-8-21-6-5-15-14(21)22)10-11-3-2-4-12(9-11)13-16-18-19-17-13/h2-6,9H,7-8,10H2,1H3,(H,15,22)(H,16,17,18,19). The van der Waals surface area contributed by atoms with E-state index < -0.39 is 0 Å². The van der Waals surface area contributed by atoms with Gasteiger partial charge in [0.15, 0.2) is 0 Å². The molecule has 8 nitrogen and oxygen atoms in total. The van der Waals surface area contributed by atoms with Gasteiger partial charge in [0, 0.05) is 37.6 Å². The number of rotatable bonds is 6. The summed E-state index contributed by atoms with van der Waals surface area (Å²) in [5, 5.41) is 14.0. The van der Waals surface area contributed by atoms with Crippen LogP contribution in [0.25, 0.3) is 11.4 Å². The first-order valence-electron chi connectivity index (χ1n) is 6.97. The molecular weight excluding hydrogens is 282 g/mol. The Morgan fingerprint density at radius 3 is 3.00 bits per heavy atom. The molecule has 0 atom stereocenters. The molecule has 0 saturated heterocycles. The van der Waals surface area contributed by atoms with E-state index in [0.717, 1.165) is 24.2 Å². The van der Waals surface area contributed by atoms with Gasteiger partial charge in [0.25, 0.3) is 0 Å². The number of likely N-dealkylation sites (N-methyl/N-ethyl adjacent to an activating group) is 1. The Balaban J connectivity index is 1.62. The summed E-state index contributed by atoms with van der Waals surface area (Å²) in [6.07, 6.45) is 3.41. The van der Waals surface area contributed by atoms with Crippen molar-refractivity contribution in [3.63, 3.8) is 0 Å². The molecule has 0 fully saturated rings. The van der Waals surface area contributed by atoms with Gasteiger partial charge in [-0.25, -0.2) is 4.79 Å². The average Bonchev–Trinajstić information content (AvgIpc) is 3.17. The zero-order valence-corrected chi connectivity index (χ0v) is 12.2. The predicted molar refractivity (Wildman–Crippen MR) is 81.0 cm³/mol. The fraction of sp³-hybridized carbons (Fsp3) is 0.286. The van der Waals surface area contributed by atoms with E-state index in [1.807, 2.05) is 25.2 Å². The van der Waals surface area contributed by atoms with Gasteiger partial charge in [0.05, 0.1) is 0 Å². The van der Waals surface area contributed by atoms with Gasteiger partial charge >= 0.3 is 5.69 Å². The minimum atomic E-state index is -0.0764. The summed E-state index contributed by atoms with van der Waals surface area (Å²) in [5.74, 6) is 0.586. The van der Waals surface area contributed by atoms with Crippen LogP contribution in [0.2, 0.25) is 0 Å². The highest BCUT2D eigenvalue weighted by Crippen LogP contribution is 2.15. The topological polar surface area (TPSA) is 95.5 Å². The van der Waals surface area contributed by atoms with Crippen LogP contribution in [0.1, 0.15) is 5.56 Å². The summed E-state index contributed by atoms with van der Waals surface area (Å²) in [4.78, 5) is 16.2. The Hall–Kier alpha value is -2.74. The zero-order chi connectivity index (χ0) is 15.4. The molecule has 0 unspecified atom stereocenters. The summed E-state index contributed by atoms with van der Waals surface area (Å²) < 4.78 is 1.66. The highest BCUT2D eigenvalue weighted by molar-refractivity contribution is 5.54. The van der Waals surface area contributed by atoms with E-state index in [1.165, 1.54) is 0 Å². The van der Waals surface area contributed by atoms with Crippen molar-refractivity contribution in [2.24, 2.45) is 0 Å². The minimum Gasteiger partial charge on any atom is -0.313 e. The quantitative estimate of drug-likeness (QED) is 0.690. The van der Waals surface area contributed by atoms with Crippen LogP contribution in [0.4, 0.5) is 0 Å². The molecular formula is C14H17N7O. The average molecular weight is 299 g/mol. The number of hydrogen-bond donors (Lipinski definition) is 2. The summed E-state index contributed by atoms with van der Waals surface area (Å²) in [6.45, 7) is 2.22. The van der Waals surface area contributed by atoms with Crippen LogP contribution in [0.3, 0.4) is 0 Å². The molecule has 3 aromatic rings. The van der Waals surface area contributed by atoms with Crippen molar-refractivity contribution in [3.05, 3.63) is 52.7 Å². The Labute approximate surface area is 126 Å². The molecule has 8 heteroatoms. The molecule has 0 amide bonds. The second kappa shape index (κ2) is 6.35. The van der Waals surface area contributed by atoms with Crippen molar-refractivity contribution >= 4 is 0 Å². The van der Waals surface area contributed by atoms with Crippen LogP contribution in [0.15, 0.2) is 41.5 Å². The highest BCUT2D eigenvalue weighted by atomic mass is 16.1. The monoisotopic (exact) mass is 299 g/mol. The maximum atomic E-state index is 11.4. The highest BCUT2D eigenvalue weighted by Gasteiger charge is 2.06. The first kappa shape index (κ1) is 14.2. The van der Waals surface area contributed by atoms with E-state index in [9.17, 15) is 4.79 Å². The van der Waals surface area contributed by atoms with Crippen LogP contribution in [0.5, 0.6) is 0 Å². The molecule has 3 rings (SSSR count). The number of hydrogen-bond acceptors (Lipinski definition) is 5. The lowest BCUT2D eigenvalue weighted by Crippen LogP contribution is -2.26. The van der Waals surface area contributed by atoms with Gasteiger partial charge in [-0.3, -0.25) is 4.57 Å². The van der Waals surface area contributed by atoms with E-state index >= 15 is 0 Å². The van der Waals surface area contributed by atoms with Crippen molar-refractivity contribution in [3.8, 4) is 11.4 Å². The Kier molecular flexibility index (Phi) is 4.10. The van der Waals surface area contributed by atoms with Crippen molar-refractivity contribution in [1.82, 2.24) is 35.1 Å². The number of tetrazole rings is 1. The molecule has 0 radical (unpaired) electrons. The SMILES string of the molecule is CN(CCn1cc[nH]c1=O)Cc1cccc(-c2nn[nH]n2)c1. The van der Waals surface area contributed by atoms with Crippen LogP contribution in [0, 0.1) is 0 Å². The van der Waals surface area contributed by atoms with Crippen molar-refractivity contribution < 1.29 is 0 Å². The smallest absolute Gasteiger partial charge is 0.313 e. The molecule has 0 spiro atoms. The molecule has 22 heavy (non-hydrogen) atoms. The molecule has 0 saturated carbocycles. The Morgan fingerprint density at radius 2 is 2.27 bits per heavy atom. The van der Waals surface area contributed by atoms with Gasteiger partial charge in [0.1, 0.15) is 0 Å². The second-order valence-corrected chi connectivity index (χ2v) is 5.13. The van der Waals surface area contributed by atoms with Gasteiger partial charge in [-0.15, -0.1) is 10.2 Å². The third-order valence-corrected chi connectivity index (χ3v) is 3.43. The lowest BCUT2D eigenvalue weighted by atomic mass is 10.1. The molecule has 0 aliphatic carbocycles. The fourth-order valence-corrected chi connectivity index (χ4v) is 2.29. The molecule has 2 aromatic heterocycles. The second-order valence-electron chi connectivity index (χ2n) is 5.13. The van der Waals surface area contributed by atoms with Gasteiger partial charge in [0.2, 0.25) is 5.82 Å². The molecule has 0 aliphatic heterocycles. The minimum absolute atomic E-state index is 0.0764. The molecule has 1 aromatic carbocycles. The van der Waals surface area contributed by atoms with Crippen molar-refractivity contribution in [2.45, 2.75) is 13.1 Å². The molecule has 2 N–H and O–H groups in total. The summed E-state index contributed by atoms with van der Waals surface area (Å²) in [6, 6.07) is 8.03.